The fraction of sp³-hybridized carbons (Fsp3) is 0.500. The minimum atomic E-state index is -0.490. The summed E-state index contributed by atoms with van der Waals surface area (Å²) >= 11 is 0. The highest BCUT2D eigenvalue weighted by atomic mass is 16.5. The van der Waals surface area contributed by atoms with Gasteiger partial charge in [0.05, 0.1) is 7.11 Å². The SMILES string of the molecule is CCCC(=O)N(Cc1ccc(OC)cc1)[C@@H](C)C(=O)NC. The van der Waals surface area contributed by atoms with Crippen LogP contribution < -0.4 is 10.1 Å². The fourth-order valence-corrected chi connectivity index (χ4v) is 2.08. The Labute approximate surface area is 126 Å². The molecule has 0 fully saturated rings. The van der Waals surface area contributed by atoms with Crippen molar-refractivity contribution in [3.05, 3.63) is 29.8 Å². The zero-order valence-electron chi connectivity index (χ0n) is 13.2. The summed E-state index contributed by atoms with van der Waals surface area (Å²) in [6.45, 7) is 4.11. The smallest absolute Gasteiger partial charge is 0.242 e. The molecule has 116 valence electrons. The molecule has 1 aromatic rings. The molecule has 21 heavy (non-hydrogen) atoms. The van der Waals surface area contributed by atoms with Crippen LogP contribution in [-0.2, 0) is 16.1 Å². The third kappa shape index (κ3) is 4.77. The quantitative estimate of drug-likeness (QED) is 0.835. The van der Waals surface area contributed by atoms with E-state index in [4.69, 9.17) is 4.74 Å². The fourth-order valence-electron chi connectivity index (χ4n) is 2.08. The van der Waals surface area contributed by atoms with Gasteiger partial charge in [0.2, 0.25) is 11.8 Å². The molecule has 2 amide bonds. The summed E-state index contributed by atoms with van der Waals surface area (Å²) in [5, 5.41) is 2.59. The van der Waals surface area contributed by atoms with Crippen LogP contribution >= 0.6 is 0 Å². The van der Waals surface area contributed by atoms with Crippen LogP contribution in [0.5, 0.6) is 5.75 Å². The van der Waals surface area contributed by atoms with Crippen molar-refractivity contribution in [1.29, 1.82) is 0 Å². The topological polar surface area (TPSA) is 58.6 Å². The summed E-state index contributed by atoms with van der Waals surface area (Å²) in [6, 6.07) is 7.02. The van der Waals surface area contributed by atoms with Gasteiger partial charge in [0.1, 0.15) is 11.8 Å². The van der Waals surface area contributed by atoms with Crippen LogP contribution in [0.15, 0.2) is 24.3 Å². The van der Waals surface area contributed by atoms with Gasteiger partial charge >= 0.3 is 0 Å². The molecular weight excluding hydrogens is 268 g/mol. The van der Waals surface area contributed by atoms with E-state index in [0.29, 0.717) is 13.0 Å². The molecule has 0 heterocycles. The van der Waals surface area contributed by atoms with Gasteiger partial charge in [-0.05, 0) is 31.0 Å². The molecule has 1 aromatic carbocycles. The van der Waals surface area contributed by atoms with E-state index in [2.05, 4.69) is 5.32 Å². The van der Waals surface area contributed by atoms with Gasteiger partial charge in [-0.2, -0.15) is 0 Å². The average molecular weight is 292 g/mol. The number of rotatable bonds is 7. The van der Waals surface area contributed by atoms with Gasteiger partial charge in [0.25, 0.3) is 0 Å². The van der Waals surface area contributed by atoms with Gasteiger partial charge in [-0.1, -0.05) is 19.1 Å². The van der Waals surface area contributed by atoms with Crippen LogP contribution in [0.2, 0.25) is 0 Å². The zero-order chi connectivity index (χ0) is 15.8. The van der Waals surface area contributed by atoms with Crippen molar-refractivity contribution in [2.75, 3.05) is 14.2 Å². The van der Waals surface area contributed by atoms with E-state index in [-0.39, 0.29) is 11.8 Å². The van der Waals surface area contributed by atoms with Crippen molar-refractivity contribution >= 4 is 11.8 Å². The summed E-state index contributed by atoms with van der Waals surface area (Å²) in [4.78, 5) is 25.7. The Morgan fingerprint density at radius 3 is 2.38 bits per heavy atom. The van der Waals surface area contributed by atoms with E-state index < -0.39 is 6.04 Å². The third-order valence-electron chi connectivity index (χ3n) is 3.39. The van der Waals surface area contributed by atoms with E-state index >= 15 is 0 Å². The van der Waals surface area contributed by atoms with Crippen LogP contribution in [0.25, 0.3) is 0 Å². The molecule has 5 nitrogen and oxygen atoms in total. The summed E-state index contributed by atoms with van der Waals surface area (Å²) in [6.07, 6.45) is 1.20. The van der Waals surface area contributed by atoms with Gasteiger partial charge in [-0.3, -0.25) is 9.59 Å². The number of nitrogens with zero attached hydrogens (tertiary/aromatic N) is 1. The molecule has 0 unspecified atom stereocenters. The van der Waals surface area contributed by atoms with Gasteiger partial charge in [0.15, 0.2) is 0 Å². The molecule has 0 radical (unpaired) electrons. The highest BCUT2D eigenvalue weighted by Gasteiger charge is 2.24. The van der Waals surface area contributed by atoms with Gasteiger partial charge in [0, 0.05) is 20.0 Å². The predicted molar refractivity (Wildman–Crippen MR) is 82.0 cm³/mol. The molecule has 5 heteroatoms. The molecular formula is C16H24N2O3. The summed E-state index contributed by atoms with van der Waals surface area (Å²) in [7, 11) is 3.19. The third-order valence-corrected chi connectivity index (χ3v) is 3.39. The highest BCUT2D eigenvalue weighted by molar-refractivity contribution is 5.87. The Balaban J connectivity index is 2.89. The van der Waals surface area contributed by atoms with Crippen molar-refractivity contribution in [2.45, 2.75) is 39.3 Å². The number of nitrogens with one attached hydrogen (secondary N) is 1. The van der Waals surface area contributed by atoms with E-state index in [1.54, 1.807) is 26.0 Å². The summed E-state index contributed by atoms with van der Waals surface area (Å²) in [5.41, 5.74) is 0.969. The molecule has 0 aliphatic rings. The van der Waals surface area contributed by atoms with Crippen LogP contribution in [-0.4, -0.2) is 36.9 Å². The Morgan fingerprint density at radius 1 is 1.29 bits per heavy atom. The predicted octanol–water partition coefficient (Wildman–Crippen LogP) is 1.96. The standard InChI is InChI=1S/C16H24N2O3/c1-5-6-15(19)18(12(2)16(20)17-3)11-13-7-9-14(21-4)10-8-13/h7-10,12H,5-6,11H2,1-4H3,(H,17,20)/t12-/m0/s1. The van der Waals surface area contributed by atoms with Gasteiger partial charge in [-0.15, -0.1) is 0 Å². The molecule has 0 saturated heterocycles. The first-order valence-electron chi connectivity index (χ1n) is 7.17. The number of carbonyl (C=O) groups excluding carboxylic acids is 2. The minimum Gasteiger partial charge on any atom is -0.497 e. The van der Waals surface area contributed by atoms with Crippen molar-refractivity contribution < 1.29 is 14.3 Å². The van der Waals surface area contributed by atoms with E-state index in [1.807, 2.05) is 31.2 Å². The molecule has 1 atom stereocenters. The summed E-state index contributed by atoms with van der Waals surface area (Å²) in [5.74, 6) is 0.599. The number of hydrogen-bond acceptors (Lipinski definition) is 3. The second kappa shape index (κ2) is 8.29. The second-order valence-electron chi connectivity index (χ2n) is 4.91. The Bertz CT molecular complexity index is 471. The number of hydrogen-bond donors (Lipinski definition) is 1. The molecule has 0 spiro atoms. The maximum Gasteiger partial charge on any atom is 0.242 e. The Kier molecular flexibility index (Phi) is 6.72. The Morgan fingerprint density at radius 2 is 1.90 bits per heavy atom. The Hall–Kier alpha value is -2.04. The normalized spacial score (nSPS) is 11.6. The lowest BCUT2D eigenvalue weighted by Crippen LogP contribution is -2.46. The number of methoxy groups -OCH3 is 1. The molecule has 1 N–H and O–H groups in total. The first-order valence-corrected chi connectivity index (χ1v) is 7.17. The first kappa shape index (κ1) is 17.0. The van der Waals surface area contributed by atoms with Crippen LogP contribution in [0.3, 0.4) is 0 Å². The first-order chi connectivity index (χ1) is 10.0. The number of ether oxygens (including phenoxy) is 1. The molecule has 0 aliphatic carbocycles. The monoisotopic (exact) mass is 292 g/mol. The van der Waals surface area contributed by atoms with Crippen LogP contribution in [0.4, 0.5) is 0 Å². The number of amides is 2. The van der Waals surface area contributed by atoms with Crippen LogP contribution in [0, 0.1) is 0 Å². The largest absolute Gasteiger partial charge is 0.497 e. The lowest BCUT2D eigenvalue weighted by Gasteiger charge is -2.28. The van der Waals surface area contributed by atoms with Gasteiger partial charge < -0.3 is 15.0 Å². The molecule has 0 aliphatic heterocycles. The number of benzene rings is 1. The van der Waals surface area contributed by atoms with Crippen molar-refractivity contribution in [3.63, 3.8) is 0 Å². The van der Waals surface area contributed by atoms with Crippen LogP contribution in [0.1, 0.15) is 32.3 Å². The lowest BCUT2D eigenvalue weighted by atomic mass is 10.1. The van der Waals surface area contributed by atoms with Crippen molar-refractivity contribution in [1.82, 2.24) is 10.2 Å². The molecule has 0 bridgehead atoms. The number of carbonyl (C=O) groups is 2. The lowest BCUT2D eigenvalue weighted by molar-refractivity contribution is -0.140. The maximum atomic E-state index is 12.3. The maximum absolute atomic E-state index is 12.3. The average Bonchev–Trinajstić information content (AvgIpc) is 2.51. The van der Waals surface area contributed by atoms with Gasteiger partial charge in [-0.25, -0.2) is 0 Å². The number of likely N-dealkylation sites (N-methyl/N-ethyl adjacent to an activating group) is 1. The zero-order valence-corrected chi connectivity index (χ0v) is 13.2. The van der Waals surface area contributed by atoms with E-state index in [9.17, 15) is 9.59 Å². The summed E-state index contributed by atoms with van der Waals surface area (Å²) < 4.78 is 5.12. The van der Waals surface area contributed by atoms with Crippen molar-refractivity contribution in [2.24, 2.45) is 0 Å². The highest BCUT2D eigenvalue weighted by Crippen LogP contribution is 2.15. The van der Waals surface area contributed by atoms with E-state index in [1.165, 1.54) is 0 Å². The second-order valence-corrected chi connectivity index (χ2v) is 4.91. The molecule has 1 rings (SSSR count). The molecule has 0 saturated carbocycles. The van der Waals surface area contributed by atoms with Crippen molar-refractivity contribution in [3.8, 4) is 5.75 Å². The minimum absolute atomic E-state index is 0.00980. The van der Waals surface area contributed by atoms with E-state index in [0.717, 1.165) is 17.7 Å². The molecule has 0 aromatic heterocycles.